The van der Waals surface area contributed by atoms with Crippen LogP contribution in [0.3, 0.4) is 0 Å². The fourth-order valence-corrected chi connectivity index (χ4v) is 3.03. The van der Waals surface area contributed by atoms with Crippen LogP contribution in [0.25, 0.3) is 0 Å². The van der Waals surface area contributed by atoms with Gasteiger partial charge in [0.15, 0.2) is 0 Å². The standard InChI is InChI=1S/C18H18Cl2N2O2/c19-15-9-8-14(10-16(15)20)22-17(23)21-11-18(24,13-6-7-13)12-4-2-1-3-5-12/h1-5,8-10,13,24H,6-7,11H2,(H2,21,22,23)/t18-/m1/s1. The molecule has 0 aromatic heterocycles. The Hall–Kier alpha value is -1.75. The van der Waals surface area contributed by atoms with Gasteiger partial charge in [-0.05, 0) is 42.5 Å². The maximum Gasteiger partial charge on any atom is 0.319 e. The van der Waals surface area contributed by atoms with E-state index in [1.54, 1.807) is 18.2 Å². The SMILES string of the molecule is O=C(NC[C@@](O)(c1ccccc1)C1CC1)Nc1ccc(Cl)c(Cl)c1. The van der Waals surface area contributed by atoms with Gasteiger partial charge < -0.3 is 15.7 Å². The van der Waals surface area contributed by atoms with Gasteiger partial charge in [-0.15, -0.1) is 0 Å². The van der Waals surface area contributed by atoms with Crippen LogP contribution < -0.4 is 10.6 Å². The molecule has 3 N–H and O–H groups in total. The molecule has 1 aliphatic carbocycles. The molecule has 4 nitrogen and oxygen atoms in total. The normalized spacial score (nSPS) is 16.3. The molecular weight excluding hydrogens is 347 g/mol. The fraction of sp³-hybridized carbons (Fsp3) is 0.278. The van der Waals surface area contributed by atoms with Crippen LogP contribution in [0.15, 0.2) is 48.5 Å². The number of hydrogen-bond acceptors (Lipinski definition) is 2. The molecule has 2 amide bonds. The summed E-state index contributed by atoms with van der Waals surface area (Å²) in [5.74, 6) is 0.171. The van der Waals surface area contributed by atoms with Gasteiger partial charge in [-0.1, -0.05) is 53.5 Å². The van der Waals surface area contributed by atoms with E-state index in [1.165, 1.54) is 0 Å². The van der Waals surface area contributed by atoms with Gasteiger partial charge in [0.25, 0.3) is 0 Å². The molecule has 0 radical (unpaired) electrons. The zero-order valence-electron chi connectivity index (χ0n) is 12.9. The average molecular weight is 365 g/mol. The number of amides is 2. The number of carbonyl (C=O) groups excluding carboxylic acids is 1. The van der Waals surface area contributed by atoms with E-state index in [2.05, 4.69) is 10.6 Å². The van der Waals surface area contributed by atoms with Crippen molar-refractivity contribution in [2.24, 2.45) is 5.92 Å². The van der Waals surface area contributed by atoms with Crippen LogP contribution in [0.2, 0.25) is 10.0 Å². The van der Waals surface area contributed by atoms with Gasteiger partial charge >= 0.3 is 6.03 Å². The van der Waals surface area contributed by atoms with Crippen LogP contribution in [0.1, 0.15) is 18.4 Å². The molecule has 0 bridgehead atoms. The van der Waals surface area contributed by atoms with Gasteiger partial charge in [0.05, 0.1) is 16.6 Å². The summed E-state index contributed by atoms with van der Waals surface area (Å²) < 4.78 is 0. The lowest BCUT2D eigenvalue weighted by molar-refractivity contribution is 0.0164. The molecule has 0 aliphatic heterocycles. The second-order valence-corrected chi connectivity index (χ2v) is 6.82. The lowest BCUT2D eigenvalue weighted by atomic mass is 9.89. The second-order valence-electron chi connectivity index (χ2n) is 6.00. The van der Waals surface area contributed by atoms with Crippen LogP contribution in [0.4, 0.5) is 10.5 Å². The molecular formula is C18H18Cl2N2O2. The zero-order chi connectivity index (χ0) is 17.2. The smallest absolute Gasteiger partial charge is 0.319 e. The molecule has 1 atom stereocenters. The van der Waals surface area contributed by atoms with Gasteiger partial charge in [-0.2, -0.15) is 0 Å². The first kappa shape index (κ1) is 17.1. The molecule has 3 rings (SSSR count). The Bertz CT molecular complexity index is 735. The van der Waals surface area contributed by atoms with E-state index in [9.17, 15) is 9.90 Å². The first-order chi connectivity index (χ1) is 11.5. The Labute approximate surface area is 150 Å². The summed E-state index contributed by atoms with van der Waals surface area (Å²) in [6.45, 7) is 0.148. The molecule has 24 heavy (non-hydrogen) atoms. The summed E-state index contributed by atoms with van der Waals surface area (Å²) in [6.07, 6.45) is 1.92. The molecule has 2 aromatic rings. The van der Waals surface area contributed by atoms with E-state index < -0.39 is 11.6 Å². The van der Waals surface area contributed by atoms with E-state index >= 15 is 0 Å². The summed E-state index contributed by atoms with van der Waals surface area (Å²) in [5, 5.41) is 17.3. The molecule has 1 aliphatic rings. The summed E-state index contributed by atoms with van der Waals surface area (Å²) >= 11 is 11.8. The molecule has 6 heteroatoms. The molecule has 126 valence electrons. The van der Waals surface area contributed by atoms with Gasteiger partial charge in [-0.3, -0.25) is 0 Å². The highest BCUT2D eigenvalue weighted by Gasteiger charge is 2.45. The number of carbonyl (C=O) groups is 1. The number of urea groups is 1. The van der Waals surface area contributed by atoms with Crippen molar-refractivity contribution < 1.29 is 9.90 Å². The number of halogens is 2. The fourth-order valence-electron chi connectivity index (χ4n) is 2.73. The number of aliphatic hydroxyl groups is 1. The van der Waals surface area contributed by atoms with E-state index in [1.807, 2.05) is 30.3 Å². The third-order valence-electron chi connectivity index (χ3n) is 4.22. The predicted molar refractivity (Wildman–Crippen MR) is 96.5 cm³/mol. The van der Waals surface area contributed by atoms with Crippen LogP contribution in [0.5, 0.6) is 0 Å². The maximum absolute atomic E-state index is 12.1. The number of hydrogen-bond donors (Lipinski definition) is 3. The largest absolute Gasteiger partial charge is 0.383 e. The topological polar surface area (TPSA) is 61.4 Å². The highest BCUT2D eigenvalue weighted by atomic mass is 35.5. The average Bonchev–Trinajstić information content (AvgIpc) is 3.42. The Morgan fingerprint density at radius 2 is 1.83 bits per heavy atom. The Kier molecular flexibility index (Phi) is 4.99. The number of anilines is 1. The minimum absolute atomic E-state index is 0.148. The highest BCUT2D eigenvalue weighted by molar-refractivity contribution is 6.42. The first-order valence-electron chi connectivity index (χ1n) is 7.77. The van der Waals surface area contributed by atoms with Crippen molar-refractivity contribution in [2.75, 3.05) is 11.9 Å². The summed E-state index contributed by atoms with van der Waals surface area (Å²) in [6, 6.07) is 13.9. The molecule has 0 spiro atoms. The van der Waals surface area contributed by atoms with Gasteiger partial charge in [0, 0.05) is 5.69 Å². The van der Waals surface area contributed by atoms with Crippen molar-refractivity contribution in [3.05, 3.63) is 64.1 Å². The van der Waals surface area contributed by atoms with E-state index in [0.717, 1.165) is 18.4 Å². The van der Waals surface area contributed by atoms with E-state index in [0.29, 0.717) is 15.7 Å². The third-order valence-corrected chi connectivity index (χ3v) is 4.96. The molecule has 1 saturated carbocycles. The van der Waals surface area contributed by atoms with Crippen molar-refractivity contribution in [3.8, 4) is 0 Å². The first-order valence-corrected chi connectivity index (χ1v) is 8.52. The second kappa shape index (κ2) is 7.01. The molecule has 2 aromatic carbocycles. The van der Waals surface area contributed by atoms with Crippen molar-refractivity contribution >= 4 is 34.9 Å². The van der Waals surface area contributed by atoms with Gasteiger partial charge in [-0.25, -0.2) is 4.79 Å². The van der Waals surface area contributed by atoms with E-state index in [-0.39, 0.29) is 12.5 Å². The number of nitrogens with one attached hydrogen (secondary N) is 2. The predicted octanol–water partition coefficient (Wildman–Crippen LogP) is 4.41. The van der Waals surface area contributed by atoms with Crippen molar-refractivity contribution in [2.45, 2.75) is 18.4 Å². The number of benzene rings is 2. The molecule has 1 fully saturated rings. The Morgan fingerprint density at radius 1 is 1.12 bits per heavy atom. The van der Waals surface area contributed by atoms with Crippen LogP contribution in [-0.2, 0) is 5.60 Å². The molecule has 0 heterocycles. The monoisotopic (exact) mass is 364 g/mol. The lowest BCUT2D eigenvalue weighted by Gasteiger charge is -2.29. The van der Waals surface area contributed by atoms with E-state index in [4.69, 9.17) is 23.2 Å². The van der Waals surface area contributed by atoms with Crippen molar-refractivity contribution in [3.63, 3.8) is 0 Å². The maximum atomic E-state index is 12.1. The van der Waals surface area contributed by atoms with Crippen molar-refractivity contribution in [1.29, 1.82) is 0 Å². The van der Waals surface area contributed by atoms with Crippen molar-refractivity contribution in [1.82, 2.24) is 5.32 Å². The minimum atomic E-state index is -1.05. The van der Waals surface area contributed by atoms with Gasteiger partial charge in [0.2, 0.25) is 0 Å². The Morgan fingerprint density at radius 3 is 2.46 bits per heavy atom. The van der Waals surface area contributed by atoms with Crippen LogP contribution >= 0.6 is 23.2 Å². The molecule has 0 saturated heterocycles. The summed E-state index contributed by atoms with van der Waals surface area (Å²) in [5.41, 5.74) is 0.315. The number of rotatable bonds is 5. The van der Waals surface area contributed by atoms with Gasteiger partial charge in [0.1, 0.15) is 5.60 Å². The Balaban J connectivity index is 1.64. The van der Waals surface area contributed by atoms with Crippen LogP contribution in [0, 0.1) is 5.92 Å². The third kappa shape index (κ3) is 3.83. The minimum Gasteiger partial charge on any atom is -0.383 e. The quantitative estimate of drug-likeness (QED) is 0.735. The highest BCUT2D eigenvalue weighted by Crippen LogP contribution is 2.45. The summed E-state index contributed by atoms with van der Waals surface area (Å²) in [7, 11) is 0. The zero-order valence-corrected chi connectivity index (χ0v) is 14.4. The lowest BCUT2D eigenvalue weighted by Crippen LogP contribution is -2.43. The van der Waals surface area contributed by atoms with Crippen LogP contribution in [-0.4, -0.2) is 17.7 Å². The summed E-state index contributed by atoms with van der Waals surface area (Å²) in [4.78, 5) is 12.1. The molecule has 0 unspecified atom stereocenters.